The van der Waals surface area contributed by atoms with Gasteiger partial charge in [-0.1, -0.05) is 18.2 Å². The molecule has 0 N–H and O–H groups in total. The minimum atomic E-state index is -0.112. The van der Waals surface area contributed by atoms with Gasteiger partial charge in [0.15, 0.2) is 0 Å². The molecule has 0 saturated heterocycles. The lowest BCUT2D eigenvalue weighted by Gasteiger charge is -2.23. The van der Waals surface area contributed by atoms with Crippen molar-refractivity contribution in [2.75, 3.05) is 26.7 Å². The Morgan fingerprint density at radius 3 is 2.21 bits per heavy atom. The van der Waals surface area contributed by atoms with Crippen LogP contribution in [0, 0.1) is 6.92 Å². The van der Waals surface area contributed by atoms with E-state index in [-0.39, 0.29) is 18.4 Å². The van der Waals surface area contributed by atoms with Gasteiger partial charge in [0.25, 0.3) is 5.91 Å². The number of carbonyl (C=O) groups is 2. The van der Waals surface area contributed by atoms with E-state index in [0.29, 0.717) is 18.7 Å². The van der Waals surface area contributed by atoms with Gasteiger partial charge in [0, 0.05) is 25.7 Å². The van der Waals surface area contributed by atoms with E-state index >= 15 is 0 Å². The molecule has 104 valence electrons. The average Bonchev–Trinajstić information content (AvgIpc) is 2.39. The quantitative estimate of drug-likeness (QED) is 0.813. The van der Waals surface area contributed by atoms with E-state index in [1.54, 1.807) is 18.0 Å². The molecule has 19 heavy (non-hydrogen) atoms. The van der Waals surface area contributed by atoms with Gasteiger partial charge >= 0.3 is 0 Å². The topological polar surface area (TPSA) is 40.6 Å². The third-order valence-corrected chi connectivity index (χ3v) is 3.21. The van der Waals surface area contributed by atoms with Crippen LogP contribution in [0.1, 0.15) is 29.8 Å². The number of carbonyl (C=O) groups excluding carboxylic acids is 2. The molecule has 0 aliphatic heterocycles. The van der Waals surface area contributed by atoms with Crippen LogP contribution in [0.15, 0.2) is 24.3 Å². The second-order valence-electron chi connectivity index (χ2n) is 4.54. The SMILES string of the molecule is CCN(CC)C(=O)CN(C)C(=O)c1ccccc1C. The van der Waals surface area contributed by atoms with Gasteiger partial charge in [0.2, 0.25) is 5.91 Å². The van der Waals surface area contributed by atoms with Crippen LogP contribution in [0.3, 0.4) is 0 Å². The molecule has 0 aromatic heterocycles. The van der Waals surface area contributed by atoms with Gasteiger partial charge in [-0.05, 0) is 32.4 Å². The van der Waals surface area contributed by atoms with Crippen molar-refractivity contribution in [3.63, 3.8) is 0 Å². The zero-order chi connectivity index (χ0) is 14.4. The number of likely N-dealkylation sites (N-methyl/N-ethyl adjacent to an activating group) is 2. The molecule has 0 saturated carbocycles. The zero-order valence-electron chi connectivity index (χ0n) is 12.1. The molecule has 0 bridgehead atoms. The van der Waals surface area contributed by atoms with E-state index < -0.39 is 0 Å². The Balaban J connectivity index is 2.74. The van der Waals surface area contributed by atoms with E-state index in [9.17, 15) is 9.59 Å². The first-order chi connectivity index (χ1) is 9.01. The number of hydrogen-bond donors (Lipinski definition) is 0. The maximum absolute atomic E-state index is 12.3. The number of nitrogens with zero attached hydrogens (tertiary/aromatic N) is 2. The highest BCUT2D eigenvalue weighted by Gasteiger charge is 2.18. The highest BCUT2D eigenvalue weighted by molar-refractivity contribution is 5.97. The fourth-order valence-electron chi connectivity index (χ4n) is 1.97. The van der Waals surface area contributed by atoms with Crippen LogP contribution in [0.2, 0.25) is 0 Å². The van der Waals surface area contributed by atoms with E-state index in [2.05, 4.69) is 0 Å². The smallest absolute Gasteiger partial charge is 0.254 e. The molecular formula is C15H22N2O2. The summed E-state index contributed by atoms with van der Waals surface area (Å²) in [5.41, 5.74) is 1.58. The van der Waals surface area contributed by atoms with Crippen LogP contribution in [0.4, 0.5) is 0 Å². The molecule has 1 aromatic rings. The number of hydrogen-bond acceptors (Lipinski definition) is 2. The van der Waals surface area contributed by atoms with E-state index in [4.69, 9.17) is 0 Å². The first-order valence-corrected chi connectivity index (χ1v) is 6.60. The number of rotatable bonds is 5. The molecule has 2 amide bonds. The molecular weight excluding hydrogens is 240 g/mol. The molecule has 0 atom stereocenters. The summed E-state index contributed by atoms with van der Waals surface area (Å²) >= 11 is 0. The van der Waals surface area contributed by atoms with Crippen LogP contribution in [-0.4, -0.2) is 48.3 Å². The molecule has 4 heteroatoms. The van der Waals surface area contributed by atoms with Gasteiger partial charge in [0.1, 0.15) is 0 Å². The maximum Gasteiger partial charge on any atom is 0.254 e. The summed E-state index contributed by atoms with van der Waals surface area (Å²) in [6.07, 6.45) is 0. The second-order valence-corrected chi connectivity index (χ2v) is 4.54. The Hall–Kier alpha value is -1.84. The van der Waals surface area contributed by atoms with E-state index in [1.807, 2.05) is 39.0 Å². The Labute approximate surface area is 115 Å². The van der Waals surface area contributed by atoms with Crippen molar-refractivity contribution in [1.82, 2.24) is 9.80 Å². The molecule has 0 aliphatic carbocycles. The normalized spacial score (nSPS) is 10.1. The van der Waals surface area contributed by atoms with Gasteiger partial charge in [-0.15, -0.1) is 0 Å². The van der Waals surface area contributed by atoms with Gasteiger partial charge < -0.3 is 9.80 Å². The van der Waals surface area contributed by atoms with Gasteiger partial charge in [0.05, 0.1) is 6.54 Å². The third-order valence-electron chi connectivity index (χ3n) is 3.21. The molecule has 0 aliphatic rings. The summed E-state index contributed by atoms with van der Waals surface area (Å²) in [6.45, 7) is 7.22. The van der Waals surface area contributed by atoms with Crippen LogP contribution in [-0.2, 0) is 4.79 Å². The molecule has 0 fully saturated rings. The summed E-state index contributed by atoms with van der Waals surface area (Å²) in [5, 5.41) is 0. The van der Waals surface area contributed by atoms with Crippen molar-refractivity contribution in [3.05, 3.63) is 35.4 Å². The van der Waals surface area contributed by atoms with Crippen molar-refractivity contribution in [2.45, 2.75) is 20.8 Å². The van der Waals surface area contributed by atoms with E-state index in [1.165, 1.54) is 4.90 Å². The molecule has 4 nitrogen and oxygen atoms in total. The fraction of sp³-hybridized carbons (Fsp3) is 0.467. The lowest BCUT2D eigenvalue weighted by atomic mass is 10.1. The first kappa shape index (κ1) is 15.2. The van der Waals surface area contributed by atoms with Crippen LogP contribution < -0.4 is 0 Å². The van der Waals surface area contributed by atoms with Gasteiger partial charge in [-0.3, -0.25) is 9.59 Å². The molecule has 0 heterocycles. The minimum Gasteiger partial charge on any atom is -0.342 e. The fourth-order valence-corrected chi connectivity index (χ4v) is 1.97. The van der Waals surface area contributed by atoms with Crippen molar-refractivity contribution in [2.24, 2.45) is 0 Å². The molecule has 0 unspecified atom stereocenters. The highest BCUT2D eigenvalue weighted by atomic mass is 16.2. The second kappa shape index (κ2) is 6.92. The number of aryl methyl sites for hydroxylation is 1. The zero-order valence-corrected chi connectivity index (χ0v) is 12.1. The third kappa shape index (κ3) is 3.81. The highest BCUT2D eigenvalue weighted by Crippen LogP contribution is 2.09. The summed E-state index contributed by atoms with van der Waals surface area (Å²) < 4.78 is 0. The van der Waals surface area contributed by atoms with Crippen molar-refractivity contribution in [1.29, 1.82) is 0 Å². The summed E-state index contributed by atoms with van der Waals surface area (Å²) in [7, 11) is 1.66. The first-order valence-electron chi connectivity index (χ1n) is 6.60. The predicted octanol–water partition coefficient (Wildman–Crippen LogP) is 1.94. The minimum absolute atomic E-state index is 0.0190. The standard InChI is InChI=1S/C15H22N2O2/c1-5-17(6-2)14(18)11-16(4)15(19)13-10-8-7-9-12(13)3/h7-10H,5-6,11H2,1-4H3. The molecule has 1 rings (SSSR count). The van der Waals surface area contributed by atoms with Crippen LogP contribution in [0.5, 0.6) is 0 Å². The molecule has 0 spiro atoms. The Morgan fingerprint density at radius 1 is 1.11 bits per heavy atom. The molecule has 0 radical (unpaired) electrons. The Kier molecular flexibility index (Phi) is 5.55. The summed E-state index contributed by atoms with van der Waals surface area (Å²) in [5.74, 6) is -0.131. The van der Waals surface area contributed by atoms with Crippen molar-refractivity contribution in [3.8, 4) is 0 Å². The lowest BCUT2D eigenvalue weighted by Crippen LogP contribution is -2.41. The Bertz CT molecular complexity index is 453. The van der Waals surface area contributed by atoms with Gasteiger partial charge in [-0.25, -0.2) is 0 Å². The van der Waals surface area contributed by atoms with Crippen molar-refractivity contribution < 1.29 is 9.59 Å². The van der Waals surface area contributed by atoms with Crippen LogP contribution in [0.25, 0.3) is 0 Å². The maximum atomic E-state index is 12.3. The lowest BCUT2D eigenvalue weighted by molar-refractivity contribution is -0.131. The summed E-state index contributed by atoms with van der Waals surface area (Å²) in [4.78, 5) is 27.4. The monoisotopic (exact) mass is 262 g/mol. The summed E-state index contributed by atoms with van der Waals surface area (Å²) in [6, 6.07) is 7.41. The van der Waals surface area contributed by atoms with Crippen LogP contribution >= 0.6 is 0 Å². The largest absolute Gasteiger partial charge is 0.342 e. The molecule has 1 aromatic carbocycles. The number of amides is 2. The predicted molar refractivity (Wildman–Crippen MR) is 76.1 cm³/mol. The average molecular weight is 262 g/mol. The van der Waals surface area contributed by atoms with Gasteiger partial charge in [-0.2, -0.15) is 0 Å². The van der Waals surface area contributed by atoms with Crippen molar-refractivity contribution >= 4 is 11.8 Å². The number of benzene rings is 1. The van der Waals surface area contributed by atoms with E-state index in [0.717, 1.165) is 5.56 Å². The Morgan fingerprint density at radius 2 is 1.68 bits per heavy atom.